The van der Waals surface area contributed by atoms with Crippen LogP contribution >= 0.6 is 0 Å². The van der Waals surface area contributed by atoms with Crippen molar-refractivity contribution in [2.24, 2.45) is 0 Å². The Morgan fingerprint density at radius 2 is 1.03 bits per heavy atom. The van der Waals surface area contributed by atoms with E-state index in [-0.39, 0.29) is 5.56 Å². The molecule has 1 nitrogen and oxygen atoms in total. The van der Waals surface area contributed by atoms with Crippen molar-refractivity contribution < 1.29 is 13.6 Å². The summed E-state index contributed by atoms with van der Waals surface area (Å²) in [6.45, 7) is 0. The van der Waals surface area contributed by atoms with E-state index in [0.717, 1.165) is 11.1 Å². The third-order valence-electron chi connectivity index (χ3n) is 5.95. The molecule has 4 aromatic rings. The maximum atomic E-state index is 16.6. The molecule has 30 heavy (non-hydrogen) atoms. The second-order valence-electron chi connectivity index (χ2n) is 7.48. The summed E-state index contributed by atoms with van der Waals surface area (Å²) < 4.78 is 33.1. The molecular formula is C27H18F2O. The lowest BCUT2D eigenvalue weighted by atomic mass is 9.66. The molecule has 0 atom stereocenters. The molecule has 0 bridgehead atoms. The second-order valence-corrected chi connectivity index (χ2v) is 7.48. The first-order valence-corrected chi connectivity index (χ1v) is 9.81. The maximum Gasteiger partial charge on any atom is 0.327 e. The molecule has 5 rings (SSSR count). The largest absolute Gasteiger partial charge is 0.327 e. The predicted octanol–water partition coefficient (Wildman–Crippen LogP) is 6.52. The van der Waals surface area contributed by atoms with Crippen molar-refractivity contribution >= 4 is 5.78 Å². The SMILES string of the molecule is O=C(c1ccccc1)C(F)(F)C1(c2ccccc2)c2ccccc2-c2ccccc21. The van der Waals surface area contributed by atoms with E-state index in [1.54, 1.807) is 72.8 Å². The van der Waals surface area contributed by atoms with Gasteiger partial charge in [-0.05, 0) is 27.8 Å². The number of rotatable bonds is 4. The normalized spacial score (nSPS) is 14.1. The summed E-state index contributed by atoms with van der Waals surface area (Å²) in [6.07, 6.45) is 0. The van der Waals surface area contributed by atoms with Gasteiger partial charge in [0.15, 0.2) is 0 Å². The number of carbonyl (C=O) groups excluding carboxylic acids is 1. The Balaban J connectivity index is 1.89. The molecule has 0 fully saturated rings. The van der Waals surface area contributed by atoms with Crippen LogP contribution in [0.1, 0.15) is 27.0 Å². The van der Waals surface area contributed by atoms with Crippen LogP contribution in [0.25, 0.3) is 11.1 Å². The summed E-state index contributed by atoms with van der Waals surface area (Å²) in [6, 6.07) is 30.8. The standard InChI is InChI=1S/C27H18F2O/c28-27(29,25(30)19-11-3-1-4-12-19)26(20-13-5-2-6-14-20)23-17-9-7-15-21(23)22-16-8-10-18-24(22)26/h1-18H. The molecule has 0 radical (unpaired) electrons. The van der Waals surface area contributed by atoms with E-state index in [1.807, 2.05) is 24.3 Å². The minimum atomic E-state index is -3.71. The summed E-state index contributed by atoms with van der Waals surface area (Å²) in [7, 11) is 0. The van der Waals surface area contributed by atoms with Crippen LogP contribution in [0, 0.1) is 0 Å². The third kappa shape index (κ3) is 2.35. The van der Waals surface area contributed by atoms with Gasteiger partial charge in [-0.3, -0.25) is 4.79 Å². The van der Waals surface area contributed by atoms with Crippen LogP contribution in [0.5, 0.6) is 0 Å². The van der Waals surface area contributed by atoms with E-state index in [1.165, 1.54) is 12.1 Å². The van der Waals surface area contributed by atoms with Gasteiger partial charge in [-0.1, -0.05) is 109 Å². The van der Waals surface area contributed by atoms with Crippen molar-refractivity contribution in [1.29, 1.82) is 0 Å². The third-order valence-corrected chi connectivity index (χ3v) is 5.95. The highest BCUT2D eigenvalue weighted by Crippen LogP contribution is 2.59. The van der Waals surface area contributed by atoms with E-state index in [4.69, 9.17) is 0 Å². The molecule has 0 N–H and O–H groups in total. The second kappa shape index (κ2) is 6.74. The molecule has 0 heterocycles. The van der Waals surface area contributed by atoms with Gasteiger partial charge in [0, 0.05) is 5.56 Å². The summed E-state index contributed by atoms with van der Waals surface area (Å²) >= 11 is 0. The molecule has 0 aliphatic heterocycles. The predicted molar refractivity (Wildman–Crippen MR) is 114 cm³/mol. The fourth-order valence-corrected chi connectivity index (χ4v) is 4.69. The van der Waals surface area contributed by atoms with Gasteiger partial charge in [0.05, 0.1) is 0 Å². The summed E-state index contributed by atoms with van der Waals surface area (Å²) in [5, 5.41) is 0. The highest BCUT2D eigenvalue weighted by Gasteiger charge is 2.64. The van der Waals surface area contributed by atoms with Crippen molar-refractivity contribution in [1.82, 2.24) is 0 Å². The topological polar surface area (TPSA) is 17.1 Å². The monoisotopic (exact) mass is 396 g/mol. The highest BCUT2D eigenvalue weighted by molar-refractivity contribution is 6.05. The molecule has 1 aliphatic rings. The first-order valence-electron chi connectivity index (χ1n) is 9.81. The zero-order valence-corrected chi connectivity index (χ0v) is 16.1. The average molecular weight is 396 g/mol. The number of fused-ring (bicyclic) bond motifs is 3. The highest BCUT2D eigenvalue weighted by atomic mass is 19.3. The summed E-state index contributed by atoms with van der Waals surface area (Å²) in [5.74, 6) is -4.89. The Morgan fingerprint density at radius 1 is 0.600 bits per heavy atom. The minimum absolute atomic E-state index is 0.000307. The molecule has 146 valence electrons. The van der Waals surface area contributed by atoms with Gasteiger partial charge < -0.3 is 0 Å². The zero-order chi connectivity index (χ0) is 20.8. The molecule has 0 aromatic heterocycles. The molecule has 0 saturated heterocycles. The fraction of sp³-hybridized carbons (Fsp3) is 0.0741. The van der Waals surface area contributed by atoms with Gasteiger partial charge >= 0.3 is 5.92 Å². The first-order chi connectivity index (χ1) is 14.6. The fourth-order valence-electron chi connectivity index (χ4n) is 4.69. The van der Waals surface area contributed by atoms with E-state index in [2.05, 4.69) is 0 Å². The smallest absolute Gasteiger partial charge is 0.287 e. The summed E-state index contributed by atoms with van der Waals surface area (Å²) in [5.41, 5.74) is 0.860. The van der Waals surface area contributed by atoms with E-state index in [9.17, 15) is 4.79 Å². The van der Waals surface area contributed by atoms with Gasteiger partial charge in [0.2, 0.25) is 5.78 Å². The van der Waals surface area contributed by atoms with E-state index in [0.29, 0.717) is 16.7 Å². The summed E-state index contributed by atoms with van der Waals surface area (Å²) in [4.78, 5) is 13.3. The molecule has 4 aromatic carbocycles. The van der Waals surface area contributed by atoms with Gasteiger partial charge in [0.25, 0.3) is 0 Å². The van der Waals surface area contributed by atoms with E-state index >= 15 is 8.78 Å². The Kier molecular flexibility index (Phi) is 4.14. The number of hydrogen-bond donors (Lipinski definition) is 0. The maximum absolute atomic E-state index is 16.6. The van der Waals surface area contributed by atoms with Gasteiger partial charge in [-0.2, -0.15) is 8.78 Å². The van der Waals surface area contributed by atoms with Crippen LogP contribution in [-0.4, -0.2) is 11.7 Å². The number of hydrogen-bond acceptors (Lipinski definition) is 1. The first kappa shape index (κ1) is 18.4. The Hall–Kier alpha value is -3.59. The Labute approximate surface area is 173 Å². The van der Waals surface area contributed by atoms with Gasteiger partial charge in [-0.15, -0.1) is 0 Å². The number of benzene rings is 4. The molecule has 0 saturated carbocycles. The molecule has 0 spiro atoms. The quantitative estimate of drug-likeness (QED) is 0.359. The molecule has 1 aliphatic carbocycles. The number of halogens is 2. The van der Waals surface area contributed by atoms with Crippen LogP contribution in [0.2, 0.25) is 0 Å². The van der Waals surface area contributed by atoms with Crippen molar-refractivity contribution in [2.45, 2.75) is 11.3 Å². The van der Waals surface area contributed by atoms with Crippen molar-refractivity contribution in [2.75, 3.05) is 0 Å². The number of carbonyl (C=O) groups is 1. The van der Waals surface area contributed by atoms with Crippen molar-refractivity contribution in [3.63, 3.8) is 0 Å². The van der Waals surface area contributed by atoms with Gasteiger partial charge in [0.1, 0.15) is 5.41 Å². The lowest BCUT2D eigenvalue weighted by Crippen LogP contribution is -2.51. The number of ketones is 1. The lowest BCUT2D eigenvalue weighted by molar-refractivity contribution is -0.0216. The van der Waals surface area contributed by atoms with Gasteiger partial charge in [-0.25, -0.2) is 0 Å². The van der Waals surface area contributed by atoms with Crippen LogP contribution in [0.4, 0.5) is 8.78 Å². The lowest BCUT2D eigenvalue weighted by Gasteiger charge is -2.39. The molecule has 3 heteroatoms. The van der Waals surface area contributed by atoms with Crippen molar-refractivity contribution in [3.05, 3.63) is 131 Å². The number of Topliss-reactive ketones (excluding diaryl/α,β-unsaturated/α-hetero) is 1. The van der Waals surface area contributed by atoms with Crippen LogP contribution in [-0.2, 0) is 5.41 Å². The van der Waals surface area contributed by atoms with E-state index < -0.39 is 17.1 Å². The number of alkyl halides is 2. The molecular weight excluding hydrogens is 378 g/mol. The van der Waals surface area contributed by atoms with Crippen LogP contribution in [0.3, 0.4) is 0 Å². The van der Waals surface area contributed by atoms with Crippen molar-refractivity contribution in [3.8, 4) is 11.1 Å². The van der Waals surface area contributed by atoms with Crippen LogP contribution in [0.15, 0.2) is 109 Å². The average Bonchev–Trinajstić information content (AvgIpc) is 3.12. The zero-order valence-electron chi connectivity index (χ0n) is 16.1. The van der Waals surface area contributed by atoms with Crippen LogP contribution < -0.4 is 0 Å². The minimum Gasteiger partial charge on any atom is -0.287 e. The Bertz CT molecular complexity index is 1180. The molecule has 0 unspecified atom stereocenters. The Morgan fingerprint density at radius 3 is 1.57 bits per heavy atom. The molecule has 0 amide bonds.